The zero-order valence-electron chi connectivity index (χ0n) is 13.2. The Balaban J connectivity index is 1.92. The Hall–Kier alpha value is -2.72. The molecule has 0 aliphatic carbocycles. The number of benzene rings is 1. The number of nitriles is 1. The lowest BCUT2D eigenvalue weighted by Gasteiger charge is -2.10. The molecule has 3 rings (SSSR count). The predicted molar refractivity (Wildman–Crippen MR) is 92.0 cm³/mol. The van der Waals surface area contributed by atoms with Crippen molar-refractivity contribution in [3.05, 3.63) is 63.9 Å². The second-order valence-corrected chi connectivity index (χ2v) is 6.31. The van der Waals surface area contributed by atoms with Gasteiger partial charge < -0.3 is 4.57 Å². The van der Waals surface area contributed by atoms with Gasteiger partial charge in [0.25, 0.3) is 5.82 Å². The van der Waals surface area contributed by atoms with Gasteiger partial charge in [0.05, 0.1) is 0 Å². The van der Waals surface area contributed by atoms with E-state index in [0.717, 1.165) is 21.5 Å². The van der Waals surface area contributed by atoms with Crippen LogP contribution in [0.5, 0.6) is 0 Å². The first-order valence-corrected chi connectivity index (χ1v) is 8.06. The van der Waals surface area contributed by atoms with E-state index in [1.807, 2.05) is 54.8 Å². The molecule has 3 aromatic rings. The number of aromatic nitrogens is 4. The monoisotopic (exact) mass is 383 g/mol. The van der Waals surface area contributed by atoms with Crippen molar-refractivity contribution in [2.45, 2.75) is 20.4 Å². The minimum atomic E-state index is -0.0687. The summed E-state index contributed by atoms with van der Waals surface area (Å²) in [4.78, 5) is 16.4. The van der Waals surface area contributed by atoms with Gasteiger partial charge in [0.15, 0.2) is 5.78 Å². The molecular formula is C17H14BrN5O. The topological polar surface area (TPSA) is 76.5 Å². The van der Waals surface area contributed by atoms with Gasteiger partial charge in [0.1, 0.15) is 18.9 Å². The summed E-state index contributed by atoms with van der Waals surface area (Å²) < 4.78 is 4.43. The quantitative estimate of drug-likeness (QED) is 0.648. The molecule has 2 heterocycles. The highest BCUT2D eigenvalue weighted by molar-refractivity contribution is 9.10. The van der Waals surface area contributed by atoms with Crippen LogP contribution in [0.2, 0.25) is 0 Å². The van der Waals surface area contributed by atoms with Crippen LogP contribution in [-0.4, -0.2) is 25.1 Å². The molecule has 2 aromatic heterocycles. The van der Waals surface area contributed by atoms with E-state index >= 15 is 0 Å². The van der Waals surface area contributed by atoms with Crippen LogP contribution in [0, 0.1) is 25.2 Å². The molecule has 0 unspecified atom stereocenters. The minimum absolute atomic E-state index is 0.0549. The van der Waals surface area contributed by atoms with Gasteiger partial charge in [-0.2, -0.15) is 5.26 Å². The fraction of sp³-hybridized carbons (Fsp3) is 0.176. The third-order valence-corrected chi connectivity index (χ3v) is 4.29. The number of hydrogen-bond donors (Lipinski definition) is 0. The molecule has 0 saturated carbocycles. The van der Waals surface area contributed by atoms with E-state index in [9.17, 15) is 4.79 Å². The molecule has 6 nitrogen and oxygen atoms in total. The number of ketones is 1. The van der Waals surface area contributed by atoms with E-state index < -0.39 is 0 Å². The van der Waals surface area contributed by atoms with Crippen molar-refractivity contribution in [1.29, 1.82) is 5.26 Å². The molecule has 0 bridgehead atoms. The summed E-state index contributed by atoms with van der Waals surface area (Å²) in [6.45, 7) is 3.94. The largest absolute Gasteiger partial charge is 0.318 e. The molecule has 0 saturated heterocycles. The number of hydrogen-bond acceptors (Lipinski definition) is 4. The number of nitrogens with zero attached hydrogens (tertiary/aromatic N) is 5. The third kappa shape index (κ3) is 3.01. The lowest BCUT2D eigenvalue weighted by atomic mass is 10.1. The fourth-order valence-electron chi connectivity index (χ4n) is 2.69. The molecule has 24 heavy (non-hydrogen) atoms. The van der Waals surface area contributed by atoms with Crippen molar-refractivity contribution >= 4 is 21.7 Å². The number of Topliss-reactive ketones (excluding diaryl/α,β-unsaturated/α-hetero) is 1. The van der Waals surface area contributed by atoms with Crippen LogP contribution in [0.25, 0.3) is 5.69 Å². The van der Waals surface area contributed by atoms with Crippen LogP contribution in [-0.2, 0) is 6.54 Å². The van der Waals surface area contributed by atoms with E-state index in [0.29, 0.717) is 5.56 Å². The van der Waals surface area contributed by atoms with Gasteiger partial charge in [-0.25, -0.2) is 9.67 Å². The number of halogens is 1. The van der Waals surface area contributed by atoms with E-state index in [4.69, 9.17) is 5.26 Å². The van der Waals surface area contributed by atoms with Crippen molar-refractivity contribution in [3.63, 3.8) is 0 Å². The summed E-state index contributed by atoms with van der Waals surface area (Å²) in [7, 11) is 0. The van der Waals surface area contributed by atoms with Crippen LogP contribution in [0.4, 0.5) is 0 Å². The average Bonchev–Trinajstić information content (AvgIpc) is 3.13. The summed E-state index contributed by atoms with van der Waals surface area (Å²) in [6, 6.07) is 11.6. The normalized spacial score (nSPS) is 10.6. The second-order valence-electron chi connectivity index (χ2n) is 5.40. The summed E-state index contributed by atoms with van der Waals surface area (Å²) in [5.74, 6) is -0.0102. The van der Waals surface area contributed by atoms with Gasteiger partial charge in [0, 0.05) is 27.1 Å². The van der Waals surface area contributed by atoms with Crippen LogP contribution in [0.3, 0.4) is 0 Å². The Bertz CT molecular complexity index is 947. The van der Waals surface area contributed by atoms with E-state index in [2.05, 4.69) is 26.0 Å². The fourth-order valence-corrected chi connectivity index (χ4v) is 2.95. The van der Waals surface area contributed by atoms with Crippen molar-refractivity contribution in [3.8, 4) is 11.8 Å². The summed E-state index contributed by atoms with van der Waals surface area (Å²) in [5, 5.41) is 12.7. The number of carbonyl (C=O) groups excluding carboxylic acids is 1. The first-order valence-electron chi connectivity index (χ1n) is 7.27. The SMILES string of the molecule is Cc1cc(C(=O)Cn2cnc(C#N)n2)c(C)n1-c1ccc(Br)cc1. The first-order chi connectivity index (χ1) is 11.5. The van der Waals surface area contributed by atoms with Crippen molar-refractivity contribution in [2.24, 2.45) is 0 Å². The molecule has 0 aliphatic rings. The van der Waals surface area contributed by atoms with Gasteiger partial charge in [-0.15, -0.1) is 5.10 Å². The van der Waals surface area contributed by atoms with Gasteiger partial charge in [-0.1, -0.05) is 15.9 Å². The highest BCUT2D eigenvalue weighted by Crippen LogP contribution is 2.23. The van der Waals surface area contributed by atoms with Crippen molar-refractivity contribution in [1.82, 2.24) is 19.3 Å². The molecule has 0 aliphatic heterocycles. The number of carbonyl (C=O) groups is 1. The Morgan fingerprint density at radius 2 is 2.00 bits per heavy atom. The zero-order chi connectivity index (χ0) is 17.3. The molecule has 0 radical (unpaired) electrons. The van der Waals surface area contributed by atoms with Crippen molar-refractivity contribution < 1.29 is 4.79 Å². The summed E-state index contributed by atoms with van der Waals surface area (Å²) in [6.07, 6.45) is 1.39. The summed E-state index contributed by atoms with van der Waals surface area (Å²) >= 11 is 3.43. The molecule has 0 fully saturated rings. The van der Waals surface area contributed by atoms with Crippen LogP contribution < -0.4 is 0 Å². The molecule has 0 atom stereocenters. The van der Waals surface area contributed by atoms with Gasteiger partial charge >= 0.3 is 0 Å². The van der Waals surface area contributed by atoms with Gasteiger partial charge in [0.2, 0.25) is 0 Å². The summed E-state index contributed by atoms with van der Waals surface area (Å²) in [5.41, 5.74) is 3.50. The number of aryl methyl sites for hydroxylation is 1. The second kappa shape index (κ2) is 6.42. The van der Waals surface area contributed by atoms with E-state index in [-0.39, 0.29) is 18.2 Å². The van der Waals surface area contributed by atoms with Gasteiger partial charge in [-0.3, -0.25) is 4.79 Å². The zero-order valence-corrected chi connectivity index (χ0v) is 14.8. The minimum Gasteiger partial charge on any atom is -0.318 e. The number of rotatable bonds is 4. The van der Waals surface area contributed by atoms with E-state index in [1.54, 1.807) is 0 Å². The lowest BCUT2D eigenvalue weighted by molar-refractivity contribution is 0.0967. The van der Waals surface area contributed by atoms with Crippen LogP contribution in [0.15, 0.2) is 41.1 Å². The maximum Gasteiger partial charge on any atom is 0.252 e. The van der Waals surface area contributed by atoms with E-state index in [1.165, 1.54) is 11.0 Å². The maximum absolute atomic E-state index is 12.6. The van der Waals surface area contributed by atoms with Crippen LogP contribution in [0.1, 0.15) is 27.6 Å². The Morgan fingerprint density at radius 1 is 1.29 bits per heavy atom. The third-order valence-electron chi connectivity index (χ3n) is 3.76. The molecular weight excluding hydrogens is 370 g/mol. The highest BCUT2D eigenvalue weighted by Gasteiger charge is 2.17. The molecule has 1 aromatic carbocycles. The molecule has 0 spiro atoms. The smallest absolute Gasteiger partial charge is 0.252 e. The lowest BCUT2D eigenvalue weighted by Crippen LogP contribution is -2.12. The Labute approximate surface area is 147 Å². The molecule has 0 amide bonds. The van der Waals surface area contributed by atoms with Gasteiger partial charge in [-0.05, 0) is 44.2 Å². The Kier molecular flexibility index (Phi) is 4.32. The predicted octanol–water partition coefficient (Wildman–Crippen LogP) is 3.20. The standard InChI is InChI=1S/C17H14BrN5O/c1-11-7-15(16(24)9-22-10-20-17(8-19)21-22)12(2)23(11)14-5-3-13(18)4-6-14/h3-7,10H,9H2,1-2H3. The first kappa shape index (κ1) is 16.1. The molecule has 7 heteroatoms. The van der Waals surface area contributed by atoms with Crippen LogP contribution >= 0.6 is 15.9 Å². The Morgan fingerprint density at radius 3 is 2.62 bits per heavy atom. The maximum atomic E-state index is 12.6. The van der Waals surface area contributed by atoms with Crippen molar-refractivity contribution in [2.75, 3.05) is 0 Å². The average molecular weight is 384 g/mol. The molecule has 120 valence electrons. The highest BCUT2D eigenvalue weighted by atomic mass is 79.9. The molecule has 0 N–H and O–H groups in total.